The van der Waals surface area contributed by atoms with Gasteiger partial charge in [0.05, 0.1) is 6.61 Å². The molecule has 0 amide bonds. The van der Waals surface area contributed by atoms with Crippen molar-refractivity contribution in [3.05, 3.63) is 0 Å². The van der Waals surface area contributed by atoms with Crippen molar-refractivity contribution >= 4 is 0 Å². The molecule has 0 spiro atoms. The van der Waals surface area contributed by atoms with E-state index in [4.69, 9.17) is 5.11 Å². The van der Waals surface area contributed by atoms with Crippen molar-refractivity contribution in [2.75, 3.05) is 26.2 Å². The molecule has 0 aromatic heterocycles. The van der Waals surface area contributed by atoms with E-state index in [2.05, 4.69) is 10.6 Å². The van der Waals surface area contributed by atoms with Gasteiger partial charge in [0.1, 0.15) is 0 Å². The maximum atomic E-state index is 8.95. The minimum atomic E-state index is 0.302. The molecule has 0 aromatic carbocycles. The Hall–Kier alpha value is -0.120. The molecule has 2 aliphatic rings. The lowest BCUT2D eigenvalue weighted by Gasteiger charge is -2.15. The second-order valence-corrected chi connectivity index (χ2v) is 4.04. The molecule has 12 heavy (non-hydrogen) atoms. The Morgan fingerprint density at radius 1 is 1.25 bits per heavy atom. The number of hydrogen-bond donors (Lipinski definition) is 3. The summed E-state index contributed by atoms with van der Waals surface area (Å²) in [5.74, 6) is 1.66. The molecule has 2 rings (SSSR count). The van der Waals surface area contributed by atoms with E-state index in [-0.39, 0.29) is 0 Å². The van der Waals surface area contributed by atoms with E-state index >= 15 is 0 Å². The van der Waals surface area contributed by atoms with Crippen LogP contribution in [0.15, 0.2) is 0 Å². The summed E-state index contributed by atoms with van der Waals surface area (Å²) in [5.41, 5.74) is 0. The third-order valence-electron chi connectivity index (χ3n) is 3.24. The van der Waals surface area contributed by atoms with Crippen molar-refractivity contribution in [2.45, 2.75) is 18.9 Å². The van der Waals surface area contributed by atoms with Gasteiger partial charge in [-0.05, 0) is 44.3 Å². The number of aliphatic hydroxyl groups excluding tert-OH is 1. The van der Waals surface area contributed by atoms with Gasteiger partial charge in [-0.3, -0.25) is 0 Å². The molecule has 2 heterocycles. The second kappa shape index (κ2) is 3.73. The molecule has 2 saturated heterocycles. The Morgan fingerprint density at radius 3 is 2.75 bits per heavy atom. The highest BCUT2D eigenvalue weighted by Gasteiger charge is 2.31. The van der Waals surface area contributed by atoms with Crippen LogP contribution in [0.4, 0.5) is 0 Å². The van der Waals surface area contributed by atoms with Crippen LogP contribution in [0.3, 0.4) is 0 Å². The van der Waals surface area contributed by atoms with Crippen LogP contribution in [-0.2, 0) is 0 Å². The van der Waals surface area contributed by atoms with Crippen LogP contribution < -0.4 is 10.6 Å². The summed E-state index contributed by atoms with van der Waals surface area (Å²) in [7, 11) is 0. The van der Waals surface area contributed by atoms with Gasteiger partial charge in [0.25, 0.3) is 0 Å². The van der Waals surface area contributed by atoms with Gasteiger partial charge < -0.3 is 15.7 Å². The first-order valence-electron chi connectivity index (χ1n) is 4.95. The zero-order chi connectivity index (χ0) is 8.39. The van der Waals surface area contributed by atoms with E-state index in [1.54, 1.807) is 0 Å². The van der Waals surface area contributed by atoms with E-state index in [1.807, 2.05) is 0 Å². The fourth-order valence-corrected chi connectivity index (χ4v) is 2.43. The van der Waals surface area contributed by atoms with Crippen molar-refractivity contribution < 1.29 is 5.11 Å². The zero-order valence-electron chi connectivity index (χ0n) is 7.42. The van der Waals surface area contributed by atoms with Crippen molar-refractivity contribution in [2.24, 2.45) is 11.8 Å². The van der Waals surface area contributed by atoms with E-state index in [0.29, 0.717) is 12.6 Å². The smallest absolute Gasteiger partial charge is 0.0584 e. The molecule has 0 saturated carbocycles. The Bertz CT molecular complexity index is 145. The van der Waals surface area contributed by atoms with Gasteiger partial charge in [-0.2, -0.15) is 0 Å². The topological polar surface area (TPSA) is 44.3 Å². The Labute approximate surface area is 73.5 Å². The van der Waals surface area contributed by atoms with E-state index in [9.17, 15) is 0 Å². The van der Waals surface area contributed by atoms with Gasteiger partial charge >= 0.3 is 0 Å². The van der Waals surface area contributed by atoms with Crippen LogP contribution in [0.2, 0.25) is 0 Å². The molecule has 3 atom stereocenters. The third kappa shape index (κ3) is 1.63. The van der Waals surface area contributed by atoms with Crippen molar-refractivity contribution in [1.29, 1.82) is 0 Å². The first-order valence-corrected chi connectivity index (χ1v) is 4.95. The molecule has 0 bridgehead atoms. The molecule has 0 radical (unpaired) electrons. The van der Waals surface area contributed by atoms with Crippen LogP contribution >= 0.6 is 0 Å². The molecule has 3 heteroatoms. The van der Waals surface area contributed by atoms with Crippen molar-refractivity contribution in [3.63, 3.8) is 0 Å². The highest BCUT2D eigenvalue weighted by atomic mass is 16.3. The number of aliphatic hydroxyl groups is 1. The lowest BCUT2D eigenvalue weighted by molar-refractivity contribution is 0.249. The highest BCUT2D eigenvalue weighted by molar-refractivity contribution is 4.88. The molecule has 0 aromatic rings. The molecule has 3 nitrogen and oxygen atoms in total. The van der Waals surface area contributed by atoms with Crippen LogP contribution in [-0.4, -0.2) is 37.4 Å². The van der Waals surface area contributed by atoms with E-state index in [1.165, 1.54) is 25.9 Å². The molecule has 0 aliphatic carbocycles. The number of nitrogens with one attached hydrogen (secondary N) is 2. The largest absolute Gasteiger partial charge is 0.395 e. The van der Waals surface area contributed by atoms with Crippen LogP contribution in [0.25, 0.3) is 0 Å². The molecule has 2 aliphatic heterocycles. The Balaban J connectivity index is 1.81. The predicted molar refractivity (Wildman–Crippen MR) is 48.0 cm³/mol. The molecule has 2 fully saturated rings. The first kappa shape index (κ1) is 8.48. The fraction of sp³-hybridized carbons (Fsp3) is 1.00. The van der Waals surface area contributed by atoms with Crippen molar-refractivity contribution in [1.82, 2.24) is 10.6 Å². The average Bonchev–Trinajstić information content (AvgIpc) is 2.75. The maximum Gasteiger partial charge on any atom is 0.0584 e. The molecule has 70 valence electrons. The van der Waals surface area contributed by atoms with Crippen LogP contribution in [0, 0.1) is 11.8 Å². The first-order chi connectivity index (χ1) is 5.90. The predicted octanol–water partition coefficient (Wildman–Crippen LogP) is -0.434. The standard InChI is InChI=1S/C9H18N2O/c12-6-9-3-8(5-11-9)7-1-2-10-4-7/h7-12H,1-6H2. The summed E-state index contributed by atoms with van der Waals surface area (Å²) in [5, 5.41) is 15.7. The normalized spacial score (nSPS) is 42.2. The summed E-state index contributed by atoms with van der Waals surface area (Å²) in [6.07, 6.45) is 2.49. The lowest BCUT2D eigenvalue weighted by atomic mass is 9.89. The van der Waals surface area contributed by atoms with Gasteiger partial charge in [-0.15, -0.1) is 0 Å². The summed E-state index contributed by atoms with van der Waals surface area (Å²) >= 11 is 0. The van der Waals surface area contributed by atoms with Crippen LogP contribution in [0.5, 0.6) is 0 Å². The number of hydrogen-bond acceptors (Lipinski definition) is 3. The van der Waals surface area contributed by atoms with Crippen molar-refractivity contribution in [3.8, 4) is 0 Å². The summed E-state index contributed by atoms with van der Waals surface area (Å²) in [4.78, 5) is 0. The maximum absolute atomic E-state index is 8.95. The summed E-state index contributed by atoms with van der Waals surface area (Å²) in [6, 6.07) is 0.371. The number of rotatable bonds is 2. The minimum absolute atomic E-state index is 0.302. The van der Waals surface area contributed by atoms with Gasteiger partial charge in [-0.1, -0.05) is 0 Å². The monoisotopic (exact) mass is 170 g/mol. The van der Waals surface area contributed by atoms with Gasteiger partial charge in [0, 0.05) is 6.04 Å². The van der Waals surface area contributed by atoms with Gasteiger partial charge in [0.2, 0.25) is 0 Å². The third-order valence-corrected chi connectivity index (χ3v) is 3.24. The highest BCUT2D eigenvalue weighted by Crippen LogP contribution is 2.26. The quantitative estimate of drug-likeness (QED) is 0.527. The fourth-order valence-electron chi connectivity index (χ4n) is 2.43. The average molecular weight is 170 g/mol. The summed E-state index contributed by atoms with van der Waals surface area (Å²) < 4.78 is 0. The molecular formula is C9H18N2O. The lowest BCUT2D eigenvalue weighted by Crippen LogP contribution is -2.24. The summed E-state index contributed by atoms with van der Waals surface area (Å²) in [6.45, 7) is 3.78. The Kier molecular flexibility index (Phi) is 2.63. The Morgan fingerprint density at radius 2 is 2.17 bits per heavy atom. The minimum Gasteiger partial charge on any atom is -0.395 e. The molecular weight excluding hydrogens is 152 g/mol. The SMILES string of the molecule is OCC1CC(C2CCNC2)CN1. The second-order valence-electron chi connectivity index (χ2n) is 4.04. The zero-order valence-corrected chi connectivity index (χ0v) is 7.42. The van der Waals surface area contributed by atoms with Crippen LogP contribution in [0.1, 0.15) is 12.8 Å². The van der Waals surface area contributed by atoms with E-state index < -0.39 is 0 Å². The molecule has 3 N–H and O–H groups in total. The van der Waals surface area contributed by atoms with Gasteiger partial charge in [0.15, 0.2) is 0 Å². The molecule has 3 unspecified atom stereocenters. The van der Waals surface area contributed by atoms with Gasteiger partial charge in [-0.25, -0.2) is 0 Å². The van der Waals surface area contributed by atoms with E-state index in [0.717, 1.165) is 18.4 Å².